The van der Waals surface area contributed by atoms with Crippen molar-refractivity contribution in [3.05, 3.63) is 76.7 Å². The van der Waals surface area contributed by atoms with Crippen molar-refractivity contribution in [3.8, 4) is 0 Å². The number of aromatic nitrogens is 1. The summed E-state index contributed by atoms with van der Waals surface area (Å²) in [5.74, 6) is 0.418. The van der Waals surface area contributed by atoms with Gasteiger partial charge in [0.05, 0.1) is 16.3 Å². The molecule has 1 aromatic heterocycles. The molecule has 0 spiro atoms. The summed E-state index contributed by atoms with van der Waals surface area (Å²) < 4.78 is 32.9. The zero-order valence-corrected chi connectivity index (χ0v) is 17.7. The second-order valence-electron chi connectivity index (χ2n) is 7.29. The molecule has 1 amide bonds. The van der Waals surface area contributed by atoms with Crippen LogP contribution >= 0.6 is 0 Å². The number of fused-ring (bicyclic) bond motifs is 1. The molecule has 0 bridgehead atoms. The van der Waals surface area contributed by atoms with E-state index in [9.17, 15) is 13.2 Å². The summed E-state index contributed by atoms with van der Waals surface area (Å²) in [4.78, 5) is 12.7. The van der Waals surface area contributed by atoms with Gasteiger partial charge >= 0.3 is 0 Å². The molecule has 4 rings (SSSR count). The highest BCUT2D eigenvalue weighted by atomic mass is 32.2. The van der Waals surface area contributed by atoms with Gasteiger partial charge < -0.3 is 9.84 Å². The number of carbonyl (C=O) groups is 1. The summed E-state index contributed by atoms with van der Waals surface area (Å²) in [6, 6.07) is 13.6. The molecule has 156 valence electrons. The Morgan fingerprint density at radius 2 is 1.97 bits per heavy atom. The molecule has 30 heavy (non-hydrogen) atoms. The summed E-state index contributed by atoms with van der Waals surface area (Å²) in [6.07, 6.45) is 1.27. The van der Waals surface area contributed by atoms with Gasteiger partial charge in [0.15, 0.2) is 0 Å². The van der Waals surface area contributed by atoms with E-state index in [1.54, 1.807) is 12.1 Å². The maximum Gasteiger partial charge on any atom is 0.264 e. The van der Waals surface area contributed by atoms with Crippen LogP contribution < -0.4 is 9.62 Å². The molecule has 0 aliphatic carbocycles. The Morgan fingerprint density at radius 1 is 1.17 bits per heavy atom. The lowest BCUT2D eigenvalue weighted by Crippen LogP contribution is -2.30. The SMILES string of the molecule is Cc1noc(C)c1CCNC(=O)c1cccc(S(=O)(=O)N2CCc3ccccc32)c1. The average Bonchev–Trinajstić information content (AvgIpc) is 3.32. The molecule has 8 heteroatoms. The molecule has 2 aromatic carbocycles. The van der Waals surface area contributed by atoms with Gasteiger partial charge in [0.25, 0.3) is 15.9 Å². The van der Waals surface area contributed by atoms with E-state index in [-0.39, 0.29) is 10.8 Å². The summed E-state index contributed by atoms with van der Waals surface area (Å²) >= 11 is 0. The number of nitrogens with zero attached hydrogens (tertiary/aromatic N) is 2. The standard InChI is InChI=1S/C22H23N3O4S/c1-15-20(16(2)29-24-15)10-12-23-22(26)18-7-5-8-19(14-18)30(27,28)25-13-11-17-6-3-4-9-21(17)25/h3-9,14H,10-13H2,1-2H3,(H,23,26). The van der Waals surface area contributed by atoms with E-state index in [0.717, 1.165) is 22.6 Å². The van der Waals surface area contributed by atoms with Crippen LogP contribution in [0.3, 0.4) is 0 Å². The molecule has 1 N–H and O–H groups in total. The van der Waals surface area contributed by atoms with Crippen molar-refractivity contribution in [1.29, 1.82) is 0 Å². The van der Waals surface area contributed by atoms with Crippen molar-refractivity contribution in [3.63, 3.8) is 0 Å². The number of carbonyl (C=O) groups excluding carboxylic acids is 1. The Bertz CT molecular complexity index is 1180. The van der Waals surface area contributed by atoms with Gasteiger partial charge in [-0.1, -0.05) is 29.4 Å². The van der Waals surface area contributed by atoms with Crippen molar-refractivity contribution in [1.82, 2.24) is 10.5 Å². The van der Waals surface area contributed by atoms with Gasteiger partial charge in [-0.2, -0.15) is 0 Å². The lowest BCUT2D eigenvalue weighted by Gasteiger charge is -2.20. The quantitative estimate of drug-likeness (QED) is 0.655. The van der Waals surface area contributed by atoms with E-state index < -0.39 is 10.0 Å². The summed E-state index contributed by atoms with van der Waals surface area (Å²) in [6.45, 7) is 4.49. The molecule has 0 saturated carbocycles. The number of para-hydroxylation sites is 1. The van der Waals surface area contributed by atoms with E-state index in [0.29, 0.717) is 37.2 Å². The van der Waals surface area contributed by atoms with E-state index in [1.165, 1.54) is 16.4 Å². The van der Waals surface area contributed by atoms with E-state index in [4.69, 9.17) is 4.52 Å². The van der Waals surface area contributed by atoms with Crippen LogP contribution in [-0.4, -0.2) is 32.6 Å². The van der Waals surface area contributed by atoms with Crippen LogP contribution in [0.15, 0.2) is 57.9 Å². The van der Waals surface area contributed by atoms with Gasteiger partial charge in [-0.05, 0) is 56.5 Å². The molecule has 3 aromatic rings. The molecule has 0 fully saturated rings. The summed E-state index contributed by atoms with van der Waals surface area (Å²) in [7, 11) is -3.74. The highest BCUT2D eigenvalue weighted by Gasteiger charge is 2.30. The minimum absolute atomic E-state index is 0.109. The molecular weight excluding hydrogens is 402 g/mol. The fourth-order valence-electron chi connectivity index (χ4n) is 3.74. The highest BCUT2D eigenvalue weighted by molar-refractivity contribution is 7.92. The maximum absolute atomic E-state index is 13.2. The first-order valence-electron chi connectivity index (χ1n) is 9.78. The number of hydrogen-bond donors (Lipinski definition) is 1. The van der Waals surface area contributed by atoms with Crippen molar-refractivity contribution >= 4 is 21.6 Å². The first-order valence-corrected chi connectivity index (χ1v) is 11.2. The minimum Gasteiger partial charge on any atom is -0.361 e. The lowest BCUT2D eigenvalue weighted by atomic mass is 10.1. The Balaban J connectivity index is 1.49. The predicted molar refractivity (Wildman–Crippen MR) is 113 cm³/mol. The van der Waals surface area contributed by atoms with Crippen LogP contribution in [0.1, 0.15) is 32.9 Å². The van der Waals surface area contributed by atoms with E-state index in [2.05, 4.69) is 10.5 Å². The monoisotopic (exact) mass is 425 g/mol. The Morgan fingerprint density at radius 3 is 2.73 bits per heavy atom. The fourth-order valence-corrected chi connectivity index (χ4v) is 5.29. The Labute approximate surface area is 175 Å². The number of benzene rings is 2. The number of sulfonamides is 1. The summed E-state index contributed by atoms with van der Waals surface area (Å²) in [5.41, 5.74) is 3.79. The third kappa shape index (κ3) is 3.70. The minimum atomic E-state index is -3.74. The highest BCUT2D eigenvalue weighted by Crippen LogP contribution is 2.32. The first-order chi connectivity index (χ1) is 14.4. The lowest BCUT2D eigenvalue weighted by molar-refractivity contribution is 0.0954. The van der Waals surface area contributed by atoms with Crippen LogP contribution in [0.4, 0.5) is 5.69 Å². The van der Waals surface area contributed by atoms with Crippen molar-refractivity contribution in [2.45, 2.75) is 31.6 Å². The van der Waals surface area contributed by atoms with Crippen LogP contribution in [0, 0.1) is 13.8 Å². The molecule has 7 nitrogen and oxygen atoms in total. The first kappa shape index (κ1) is 20.2. The van der Waals surface area contributed by atoms with Gasteiger partial charge in [-0.3, -0.25) is 9.10 Å². The van der Waals surface area contributed by atoms with E-state index >= 15 is 0 Å². The zero-order chi connectivity index (χ0) is 21.3. The molecule has 0 saturated heterocycles. The van der Waals surface area contributed by atoms with Crippen LogP contribution in [0.2, 0.25) is 0 Å². The number of amides is 1. The third-order valence-corrected chi connectivity index (χ3v) is 7.18. The Kier molecular flexibility index (Phi) is 5.34. The number of nitrogens with one attached hydrogen (secondary N) is 1. The van der Waals surface area contributed by atoms with Gasteiger partial charge in [0.2, 0.25) is 0 Å². The van der Waals surface area contributed by atoms with Crippen molar-refractivity contribution in [2.24, 2.45) is 0 Å². The van der Waals surface area contributed by atoms with E-state index in [1.807, 2.05) is 38.1 Å². The molecule has 1 aliphatic rings. The zero-order valence-electron chi connectivity index (χ0n) is 16.9. The predicted octanol–water partition coefficient (Wildman–Crippen LogP) is 3.02. The smallest absolute Gasteiger partial charge is 0.264 e. The maximum atomic E-state index is 13.2. The second-order valence-corrected chi connectivity index (χ2v) is 9.15. The molecule has 0 unspecified atom stereocenters. The molecule has 2 heterocycles. The molecule has 0 atom stereocenters. The van der Waals surface area contributed by atoms with Gasteiger partial charge in [-0.25, -0.2) is 8.42 Å². The Hall–Kier alpha value is -3.13. The van der Waals surface area contributed by atoms with Crippen LogP contribution in [-0.2, 0) is 22.9 Å². The number of anilines is 1. The van der Waals surface area contributed by atoms with Gasteiger partial charge in [-0.15, -0.1) is 0 Å². The van der Waals surface area contributed by atoms with Crippen LogP contribution in [0.5, 0.6) is 0 Å². The largest absolute Gasteiger partial charge is 0.361 e. The van der Waals surface area contributed by atoms with Crippen LogP contribution in [0.25, 0.3) is 0 Å². The second kappa shape index (κ2) is 7.95. The topological polar surface area (TPSA) is 92.5 Å². The summed E-state index contributed by atoms with van der Waals surface area (Å²) in [5, 5.41) is 6.74. The van der Waals surface area contributed by atoms with Gasteiger partial charge in [0, 0.05) is 24.2 Å². The number of rotatable bonds is 6. The number of aryl methyl sites for hydroxylation is 2. The van der Waals surface area contributed by atoms with Crippen molar-refractivity contribution < 1.29 is 17.7 Å². The third-order valence-electron chi connectivity index (χ3n) is 5.37. The van der Waals surface area contributed by atoms with Gasteiger partial charge in [0.1, 0.15) is 5.76 Å². The fraction of sp³-hybridized carbons (Fsp3) is 0.273. The molecule has 0 radical (unpaired) electrons. The normalized spacial score (nSPS) is 13.3. The van der Waals surface area contributed by atoms with Crippen molar-refractivity contribution in [2.75, 3.05) is 17.4 Å². The molecular formula is C22H23N3O4S. The molecule has 1 aliphatic heterocycles. The average molecular weight is 426 g/mol. The number of hydrogen-bond acceptors (Lipinski definition) is 5.